The summed E-state index contributed by atoms with van der Waals surface area (Å²) in [6.45, 7) is 1.64. The van der Waals surface area contributed by atoms with Gasteiger partial charge < -0.3 is 20.7 Å². The zero-order chi connectivity index (χ0) is 13.2. The van der Waals surface area contributed by atoms with Crippen LogP contribution in [-0.4, -0.2) is 55.1 Å². The molecule has 0 radical (unpaired) electrons. The molecule has 2 saturated heterocycles. The standard InChI is InChI=1S/C12H21N3O3/c1-15-8-9(2-3-10(15)16)14-11(17)12(13)4-6-18-7-5-12/h9H,2-8,13H2,1H3,(H,14,17). The maximum Gasteiger partial charge on any atom is 0.240 e. The van der Waals surface area contributed by atoms with Crippen LogP contribution in [0.25, 0.3) is 0 Å². The molecule has 0 spiro atoms. The Balaban J connectivity index is 1.89. The zero-order valence-electron chi connectivity index (χ0n) is 10.8. The lowest BCUT2D eigenvalue weighted by Gasteiger charge is -2.36. The van der Waals surface area contributed by atoms with Crippen molar-refractivity contribution in [3.8, 4) is 0 Å². The van der Waals surface area contributed by atoms with Gasteiger partial charge in [0.15, 0.2) is 0 Å². The molecule has 2 aliphatic heterocycles. The first-order valence-electron chi connectivity index (χ1n) is 6.43. The minimum Gasteiger partial charge on any atom is -0.381 e. The fourth-order valence-electron chi connectivity index (χ4n) is 2.42. The Morgan fingerprint density at radius 2 is 2.17 bits per heavy atom. The second kappa shape index (κ2) is 5.24. The highest BCUT2D eigenvalue weighted by Crippen LogP contribution is 2.19. The molecule has 2 aliphatic rings. The minimum atomic E-state index is -0.807. The van der Waals surface area contributed by atoms with E-state index in [1.165, 1.54) is 0 Å². The van der Waals surface area contributed by atoms with Crippen molar-refractivity contribution >= 4 is 11.8 Å². The van der Waals surface area contributed by atoms with Crippen molar-refractivity contribution in [3.05, 3.63) is 0 Å². The molecule has 1 atom stereocenters. The molecule has 0 saturated carbocycles. The number of piperidine rings is 1. The van der Waals surface area contributed by atoms with Crippen LogP contribution in [0, 0.1) is 0 Å². The Morgan fingerprint density at radius 3 is 2.78 bits per heavy atom. The third kappa shape index (κ3) is 2.81. The van der Waals surface area contributed by atoms with Gasteiger partial charge in [-0.25, -0.2) is 0 Å². The quantitative estimate of drug-likeness (QED) is 0.678. The van der Waals surface area contributed by atoms with E-state index in [1.807, 2.05) is 0 Å². The third-order valence-electron chi connectivity index (χ3n) is 3.80. The van der Waals surface area contributed by atoms with Crippen LogP contribution in [0.4, 0.5) is 0 Å². The summed E-state index contributed by atoms with van der Waals surface area (Å²) in [5.41, 5.74) is 5.30. The first kappa shape index (κ1) is 13.3. The predicted molar refractivity (Wildman–Crippen MR) is 65.8 cm³/mol. The van der Waals surface area contributed by atoms with Gasteiger partial charge in [0.1, 0.15) is 0 Å². The molecule has 0 aromatic carbocycles. The average Bonchev–Trinajstić information content (AvgIpc) is 2.35. The topological polar surface area (TPSA) is 84.7 Å². The lowest BCUT2D eigenvalue weighted by molar-refractivity contribution is -0.136. The molecule has 18 heavy (non-hydrogen) atoms. The van der Waals surface area contributed by atoms with E-state index in [0.717, 1.165) is 0 Å². The molecule has 0 bridgehead atoms. The van der Waals surface area contributed by atoms with Crippen molar-refractivity contribution in [2.45, 2.75) is 37.3 Å². The van der Waals surface area contributed by atoms with Gasteiger partial charge in [0.2, 0.25) is 11.8 Å². The van der Waals surface area contributed by atoms with Gasteiger partial charge in [-0.15, -0.1) is 0 Å². The Kier molecular flexibility index (Phi) is 3.87. The van der Waals surface area contributed by atoms with E-state index in [9.17, 15) is 9.59 Å². The van der Waals surface area contributed by atoms with Crippen LogP contribution in [0.5, 0.6) is 0 Å². The monoisotopic (exact) mass is 255 g/mol. The first-order chi connectivity index (χ1) is 8.51. The van der Waals surface area contributed by atoms with Crippen molar-refractivity contribution in [2.24, 2.45) is 5.73 Å². The number of likely N-dealkylation sites (N-methyl/N-ethyl adjacent to an activating group) is 1. The van der Waals surface area contributed by atoms with Gasteiger partial charge in [0.25, 0.3) is 0 Å². The molecule has 2 amide bonds. The van der Waals surface area contributed by atoms with Crippen LogP contribution in [-0.2, 0) is 14.3 Å². The Labute approximate surface area is 107 Å². The number of likely N-dealkylation sites (tertiary alicyclic amines) is 1. The number of nitrogens with two attached hydrogens (primary N) is 1. The van der Waals surface area contributed by atoms with Gasteiger partial charge in [-0.3, -0.25) is 9.59 Å². The Bertz CT molecular complexity index is 339. The molecule has 2 heterocycles. The number of amides is 2. The van der Waals surface area contributed by atoms with E-state index >= 15 is 0 Å². The van der Waals surface area contributed by atoms with Gasteiger partial charge in [0, 0.05) is 39.3 Å². The van der Waals surface area contributed by atoms with Gasteiger partial charge >= 0.3 is 0 Å². The Hall–Kier alpha value is -1.14. The highest BCUT2D eigenvalue weighted by atomic mass is 16.5. The largest absolute Gasteiger partial charge is 0.381 e. The minimum absolute atomic E-state index is 0.0171. The van der Waals surface area contributed by atoms with E-state index in [-0.39, 0.29) is 17.9 Å². The second-order valence-electron chi connectivity index (χ2n) is 5.25. The maximum absolute atomic E-state index is 12.2. The summed E-state index contributed by atoms with van der Waals surface area (Å²) in [6.07, 6.45) is 2.30. The average molecular weight is 255 g/mol. The summed E-state index contributed by atoms with van der Waals surface area (Å²) in [5.74, 6) is 0.0209. The molecule has 6 nitrogen and oxygen atoms in total. The summed E-state index contributed by atoms with van der Waals surface area (Å²) in [6, 6.07) is 0.0171. The second-order valence-corrected chi connectivity index (χ2v) is 5.25. The van der Waals surface area contributed by atoms with E-state index in [1.54, 1.807) is 11.9 Å². The number of carbonyl (C=O) groups excluding carboxylic acids is 2. The zero-order valence-corrected chi connectivity index (χ0v) is 10.8. The Morgan fingerprint density at radius 1 is 1.50 bits per heavy atom. The van der Waals surface area contributed by atoms with Crippen molar-refractivity contribution in [2.75, 3.05) is 26.8 Å². The smallest absolute Gasteiger partial charge is 0.240 e. The van der Waals surface area contributed by atoms with E-state index in [2.05, 4.69) is 5.32 Å². The van der Waals surface area contributed by atoms with Crippen LogP contribution in [0.3, 0.4) is 0 Å². The summed E-state index contributed by atoms with van der Waals surface area (Å²) in [4.78, 5) is 25.2. The van der Waals surface area contributed by atoms with E-state index in [4.69, 9.17) is 10.5 Å². The number of nitrogens with one attached hydrogen (secondary N) is 1. The fourth-order valence-corrected chi connectivity index (χ4v) is 2.42. The number of nitrogens with zero attached hydrogens (tertiary/aromatic N) is 1. The highest BCUT2D eigenvalue weighted by Gasteiger charge is 2.37. The summed E-state index contributed by atoms with van der Waals surface area (Å²) >= 11 is 0. The number of carbonyl (C=O) groups is 2. The lowest BCUT2D eigenvalue weighted by atomic mass is 9.89. The molecule has 0 aliphatic carbocycles. The van der Waals surface area contributed by atoms with Crippen LogP contribution in [0.1, 0.15) is 25.7 Å². The van der Waals surface area contributed by atoms with Gasteiger partial charge in [-0.1, -0.05) is 0 Å². The normalized spacial score (nSPS) is 28.0. The van der Waals surface area contributed by atoms with Crippen LogP contribution in [0.2, 0.25) is 0 Å². The van der Waals surface area contributed by atoms with Crippen molar-refractivity contribution < 1.29 is 14.3 Å². The van der Waals surface area contributed by atoms with Crippen molar-refractivity contribution in [3.63, 3.8) is 0 Å². The van der Waals surface area contributed by atoms with Crippen LogP contribution in [0.15, 0.2) is 0 Å². The van der Waals surface area contributed by atoms with Crippen molar-refractivity contribution in [1.82, 2.24) is 10.2 Å². The molecule has 3 N–H and O–H groups in total. The molecule has 0 aromatic rings. The molecular weight excluding hydrogens is 234 g/mol. The molecule has 2 fully saturated rings. The van der Waals surface area contributed by atoms with Crippen molar-refractivity contribution in [1.29, 1.82) is 0 Å². The predicted octanol–water partition coefficient (Wildman–Crippen LogP) is -0.769. The van der Waals surface area contributed by atoms with Gasteiger partial charge in [-0.2, -0.15) is 0 Å². The van der Waals surface area contributed by atoms with Gasteiger partial charge in [0.05, 0.1) is 5.54 Å². The van der Waals surface area contributed by atoms with Gasteiger partial charge in [-0.05, 0) is 19.3 Å². The highest BCUT2D eigenvalue weighted by molar-refractivity contribution is 5.86. The number of hydrogen-bond donors (Lipinski definition) is 2. The molecule has 0 aromatic heterocycles. The number of ether oxygens (including phenoxy) is 1. The molecule has 1 unspecified atom stereocenters. The number of rotatable bonds is 2. The van der Waals surface area contributed by atoms with Crippen LogP contribution < -0.4 is 11.1 Å². The lowest BCUT2D eigenvalue weighted by Crippen LogP contribution is -2.60. The van der Waals surface area contributed by atoms with E-state index < -0.39 is 5.54 Å². The maximum atomic E-state index is 12.2. The third-order valence-corrected chi connectivity index (χ3v) is 3.80. The molecular formula is C12H21N3O3. The fraction of sp³-hybridized carbons (Fsp3) is 0.833. The SMILES string of the molecule is CN1CC(NC(=O)C2(N)CCOCC2)CCC1=O. The van der Waals surface area contributed by atoms with E-state index in [0.29, 0.717) is 45.4 Å². The first-order valence-corrected chi connectivity index (χ1v) is 6.43. The summed E-state index contributed by atoms with van der Waals surface area (Å²) in [5, 5.41) is 2.97. The van der Waals surface area contributed by atoms with Crippen LogP contribution >= 0.6 is 0 Å². The molecule has 6 heteroatoms. The molecule has 2 rings (SSSR count). The summed E-state index contributed by atoms with van der Waals surface area (Å²) in [7, 11) is 1.76. The molecule has 102 valence electrons. The number of hydrogen-bond acceptors (Lipinski definition) is 4. The summed E-state index contributed by atoms with van der Waals surface area (Å²) < 4.78 is 5.22.